The highest BCUT2D eigenvalue weighted by atomic mass is 16.5. The molecule has 2 amide bonds. The van der Waals surface area contributed by atoms with Crippen molar-refractivity contribution in [3.63, 3.8) is 0 Å². The molecule has 1 atom stereocenters. The van der Waals surface area contributed by atoms with Crippen LogP contribution in [-0.2, 0) is 6.42 Å². The van der Waals surface area contributed by atoms with Gasteiger partial charge in [0.05, 0.1) is 19.3 Å². The lowest BCUT2D eigenvalue weighted by Crippen LogP contribution is -2.59. The number of nitrogens with zero attached hydrogens (tertiary/aromatic N) is 2. The molecule has 3 rings (SSSR count). The maximum absolute atomic E-state index is 13.9. The lowest BCUT2D eigenvalue weighted by Gasteiger charge is -2.36. The van der Waals surface area contributed by atoms with E-state index in [0.717, 1.165) is 54.7 Å². The number of amides is 2. The Balaban J connectivity index is 1.87. The molecule has 8 nitrogen and oxygen atoms in total. The number of nitrogens with one attached hydrogen (secondary N) is 1. The average molecular weight is 525 g/mol. The summed E-state index contributed by atoms with van der Waals surface area (Å²) in [5.41, 5.74) is 8.43. The zero-order valence-corrected chi connectivity index (χ0v) is 23.3. The number of benzene rings is 2. The summed E-state index contributed by atoms with van der Waals surface area (Å²) in [5.74, 6) is 1.58. The molecule has 2 aromatic carbocycles. The molecular weight excluding hydrogens is 480 g/mol. The van der Waals surface area contributed by atoms with Crippen molar-refractivity contribution in [1.82, 2.24) is 10.2 Å². The van der Waals surface area contributed by atoms with Crippen LogP contribution < -0.4 is 20.5 Å². The fourth-order valence-corrected chi connectivity index (χ4v) is 5.24. The number of amidine groups is 1. The smallest absolute Gasteiger partial charge is 0.318 e. The zero-order valence-electron chi connectivity index (χ0n) is 23.3. The molecule has 8 heteroatoms. The predicted octanol–water partition coefficient (Wildman–Crippen LogP) is 5.95. The molecule has 2 aromatic rings. The van der Waals surface area contributed by atoms with Crippen molar-refractivity contribution in [3.8, 4) is 11.5 Å². The van der Waals surface area contributed by atoms with Gasteiger partial charge in [0.1, 0.15) is 17.0 Å². The van der Waals surface area contributed by atoms with Crippen LogP contribution in [0, 0.1) is 6.92 Å². The Hall–Kier alpha value is -3.42. The average Bonchev–Trinajstić information content (AvgIpc) is 3.40. The summed E-state index contributed by atoms with van der Waals surface area (Å²) in [7, 11) is 0. The first-order valence-electron chi connectivity index (χ1n) is 13.9. The van der Waals surface area contributed by atoms with Gasteiger partial charge in [0.2, 0.25) is 0 Å². The Kier molecular flexibility index (Phi) is 10.7. The van der Waals surface area contributed by atoms with Crippen LogP contribution in [0.4, 0.5) is 4.79 Å². The van der Waals surface area contributed by atoms with Crippen molar-refractivity contribution in [1.29, 1.82) is 0 Å². The van der Waals surface area contributed by atoms with E-state index in [1.807, 2.05) is 50.8 Å². The molecule has 38 heavy (non-hydrogen) atoms. The number of rotatable bonds is 13. The van der Waals surface area contributed by atoms with Crippen molar-refractivity contribution in [2.24, 2.45) is 10.9 Å². The molecule has 0 aromatic heterocycles. The minimum Gasteiger partial charge on any atom is -0.493 e. The number of oxime groups is 1. The van der Waals surface area contributed by atoms with E-state index in [1.54, 1.807) is 0 Å². The number of ether oxygens (including phenoxy) is 2. The summed E-state index contributed by atoms with van der Waals surface area (Å²) >= 11 is 0. The predicted molar refractivity (Wildman–Crippen MR) is 151 cm³/mol. The third-order valence-corrected chi connectivity index (χ3v) is 7.50. The molecule has 1 unspecified atom stereocenters. The number of carbonyl (C=O) groups is 1. The van der Waals surface area contributed by atoms with Gasteiger partial charge < -0.3 is 30.6 Å². The molecule has 1 aliphatic rings. The second-order valence-corrected chi connectivity index (χ2v) is 10.0. The van der Waals surface area contributed by atoms with Crippen molar-refractivity contribution in [3.05, 3.63) is 59.2 Å². The molecule has 1 aliphatic carbocycles. The number of carbonyl (C=O) groups excluding carboxylic acids is 1. The normalized spacial score (nSPS) is 15.6. The zero-order chi connectivity index (χ0) is 27.5. The minimum absolute atomic E-state index is 0.0626. The topological polar surface area (TPSA) is 109 Å². The Bertz CT molecular complexity index is 1040. The number of hydrogen-bond donors (Lipinski definition) is 3. The summed E-state index contributed by atoms with van der Waals surface area (Å²) in [4.78, 5) is 15.7. The monoisotopic (exact) mass is 524 g/mol. The first-order valence-corrected chi connectivity index (χ1v) is 13.9. The minimum atomic E-state index is -0.825. The van der Waals surface area contributed by atoms with Gasteiger partial charge in [-0.15, -0.1) is 0 Å². The van der Waals surface area contributed by atoms with Crippen molar-refractivity contribution in [2.45, 2.75) is 84.2 Å². The van der Waals surface area contributed by atoms with E-state index in [2.05, 4.69) is 34.7 Å². The first-order chi connectivity index (χ1) is 18.3. The largest absolute Gasteiger partial charge is 0.493 e. The molecule has 208 valence electrons. The number of hydrogen-bond acceptors (Lipinski definition) is 5. The third-order valence-electron chi connectivity index (χ3n) is 7.50. The van der Waals surface area contributed by atoms with E-state index < -0.39 is 5.54 Å². The van der Waals surface area contributed by atoms with Gasteiger partial charge in [-0.25, -0.2) is 4.79 Å². The quantitative estimate of drug-likeness (QED) is 0.0987. The fraction of sp³-hybridized carbons (Fsp3) is 0.533. The molecule has 1 saturated carbocycles. The standard InChI is InChI=1S/C30H44N4O4/c1-5-37-26-20-25(21-27(22(26)3)38-6-2)23(4)34(19-13-10-16-24-14-8-7-9-15-24)29(35)32-30(28(31)33-36)17-11-12-18-30/h7-9,14-15,20-21,23,36H,5-6,10-13,16-19H2,1-4H3,(H2,31,33)(H,32,35). The van der Waals surface area contributed by atoms with Gasteiger partial charge in [0, 0.05) is 12.1 Å². The van der Waals surface area contributed by atoms with Crippen LogP contribution in [0.3, 0.4) is 0 Å². The number of urea groups is 1. The second-order valence-electron chi connectivity index (χ2n) is 10.0. The van der Waals surface area contributed by atoms with Crippen molar-refractivity contribution >= 4 is 11.9 Å². The highest BCUT2D eigenvalue weighted by Crippen LogP contribution is 2.35. The Morgan fingerprint density at radius 2 is 1.71 bits per heavy atom. The van der Waals surface area contributed by atoms with E-state index >= 15 is 0 Å². The number of aryl methyl sites for hydroxylation is 1. The summed E-state index contributed by atoms with van der Waals surface area (Å²) in [6.07, 6.45) is 5.87. The van der Waals surface area contributed by atoms with Crippen LogP contribution in [0.5, 0.6) is 11.5 Å². The highest BCUT2D eigenvalue weighted by Gasteiger charge is 2.41. The highest BCUT2D eigenvalue weighted by molar-refractivity contribution is 5.94. The van der Waals surface area contributed by atoms with E-state index in [4.69, 9.17) is 15.2 Å². The molecule has 0 heterocycles. The van der Waals surface area contributed by atoms with Crippen LogP contribution in [0.25, 0.3) is 0 Å². The van der Waals surface area contributed by atoms with Crippen LogP contribution in [0.1, 0.15) is 82.0 Å². The van der Waals surface area contributed by atoms with Gasteiger partial charge in [0.15, 0.2) is 5.84 Å². The van der Waals surface area contributed by atoms with E-state index in [0.29, 0.717) is 32.6 Å². The summed E-state index contributed by atoms with van der Waals surface area (Å²) in [5, 5.41) is 15.9. The van der Waals surface area contributed by atoms with Gasteiger partial charge in [0.25, 0.3) is 0 Å². The fourth-order valence-electron chi connectivity index (χ4n) is 5.24. The third kappa shape index (κ3) is 7.11. The van der Waals surface area contributed by atoms with Gasteiger partial charge in [-0.3, -0.25) is 0 Å². The molecule has 0 radical (unpaired) electrons. The van der Waals surface area contributed by atoms with Crippen LogP contribution >= 0.6 is 0 Å². The maximum atomic E-state index is 13.9. The van der Waals surface area contributed by atoms with Gasteiger partial charge in [-0.05, 0) is 83.1 Å². The molecule has 0 saturated heterocycles. The van der Waals surface area contributed by atoms with Crippen molar-refractivity contribution < 1.29 is 19.5 Å². The number of nitrogens with two attached hydrogens (primary N) is 1. The van der Waals surface area contributed by atoms with Gasteiger partial charge in [-0.1, -0.05) is 48.3 Å². The maximum Gasteiger partial charge on any atom is 0.318 e. The Morgan fingerprint density at radius 3 is 2.26 bits per heavy atom. The van der Waals surface area contributed by atoms with Crippen LogP contribution in [-0.4, -0.2) is 47.3 Å². The van der Waals surface area contributed by atoms with E-state index in [1.165, 1.54) is 5.56 Å². The SMILES string of the molecule is CCOc1cc(C(C)N(CCCCc2ccccc2)C(=O)NC2(C(N)=NO)CCCC2)cc(OCC)c1C. The molecule has 0 aliphatic heterocycles. The lowest BCUT2D eigenvalue weighted by atomic mass is 9.96. The van der Waals surface area contributed by atoms with E-state index in [9.17, 15) is 10.0 Å². The van der Waals surface area contributed by atoms with Gasteiger partial charge >= 0.3 is 6.03 Å². The Labute approximate surface area is 227 Å². The lowest BCUT2D eigenvalue weighted by molar-refractivity contribution is 0.169. The summed E-state index contributed by atoms with van der Waals surface area (Å²) < 4.78 is 11.8. The first kappa shape index (κ1) is 29.1. The molecule has 0 spiro atoms. The number of unbranched alkanes of at least 4 members (excludes halogenated alkanes) is 1. The second kappa shape index (κ2) is 13.9. The Morgan fingerprint density at radius 1 is 1.11 bits per heavy atom. The summed E-state index contributed by atoms with van der Waals surface area (Å²) in [6.45, 7) is 9.56. The molecule has 1 fully saturated rings. The van der Waals surface area contributed by atoms with Crippen molar-refractivity contribution in [2.75, 3.05) is 19.8 Å². The van der Waals surface area contributed by atoms with Crippen LogP contribution in [0.2, 0.25) is 0 Å². The molecule has 4 N–H and O–H groups in total. The van der Waals surface area contributed by atoms with E-state index in [-0.39, 0.29) is 17.9 Å². The molecular formula is C30H44N4O4. The van der Waals surface area contributed by atoms with Crippen LogP contribution in [0.15, 0.2) is 47.6 Å². The molecule has 0 bridgehead atoms. The summed E-state index contributed by atoms with van der Waals surface area (Å²) in [6, 6.07) is 13.9. The van der Waals surface area contributed by atoms with Gasteiger partial charge in [-0.2, -0.15) is 0 Å².